The van der Waals surface area contributed by atoms with Crippen molar-refractivity contribution < 1.29 is 25.0 Å². The van der Waals surface area contributed by atoms with Gasteiger partial charge in [0, 0.05) is 5.92 Å². The number of aliphatic hydroxyl groups is 2. The zero-order valence-electron chi connectivity index (χ0n) is 13.4. The Hall–Kier alpha value is -1.58. The van der Waals surface area contributed by atoms with E-state index < -0.39 is 24.8 Å². The van der Waals surface area contributed by atoms with E-state index in [2.05, 4.69) is 23.9 Å². The fraction of sp³-hybridized carbons (Fsp3) is 0.765. The van der Waals surface area contributed by atoms with Crippen LogP contribution in [0.25, 0.3) is 0 Å². The second kappa shape index (κ2) is 8.32. The van der Waals surface area contributed by atoms with E-state index in [0.717, 1.165) is 25.0 Å². The lowest BCUT2D eigenvalue weighted by Crippen LogP contribution is -2.36. The molecular formula is C17H25NO5. The van der Waals surface area contributed by atoms with E-state index in [-0.39, 0.29) is 17.8 Å². The largest absolute Gasteiger partial charge is 0.479 e. The Labute approximate surface area is 136 Å². The summed E-state index contributed by atoms with van der Waals surface area (Å²) in [6, 6.07) is 0. The number of aliphatic carboxylic acids is 1. The normalized spacial score (nSPS) is 31.7. The smallest absolute Gasteiger partial charge is 0.344 e. The average Bonchev–Trinajstić information content (AvgIpc) is 2.73. The summed E-state index contributed by atoms with van der Waals surface area (Å²) in [5, 5.41) is 32.4. The third-order valence-corrected chi connectivity index (χ3v) is 4.63. The van der Waals surface area contributed by atoms with Gasteiger partial charge in [-0.2, -0.15) is 0 Å². The summed E-state index contributed by atoms with van der Waals surface area (Å²) < 4.78 is 0. The molecule has 0 amide bonds. The van der Waals surface area contributed by atoms with Gasteiger partial charge in [0.15, 0.2) is 0 Å². The number of oxime groups is 1. The molecule has 0 aromatic carbocycles. The number of rotatable bonds is 7. The second-order valence-corrected chi connectivity index (χ2v) is 6.35. The molecule has 6 heteroatoms. The van der Waals surface area contributed by atoms with E-state index in [1.807, 2.05) is 0 Å². The fourth-order valence-corrected chi connectivity index (χ4v) is 3.33. The number of aliphatic hydroxyl groups excluding tert-OH is 2. The van der Waals surface area contributed by atoms with Gasteiger partial charge in [-0.1, -0.05) is 36.8 Å². The van der Waals surface area contributed by atoms with Gasteiger partial charge in [-0.25, -0.2) is 4.79 Å². The number of fused-ring (bicyclic) bond motifs is 1. The van der Waals surface area contributed by atoms with Crippen LogP contribution in [0.2, 0.25) is 0 Å². The first kappa shape index (κ1) is 17.8. The topological polar surface area (TPSA) is 99.4 Å². The highest BCUT2D eigenvalue weighted by Gasteiger charge is 2.51. The highest BCUT2D eigenvalue weighted by Crippen LogP contribution is 2.48. The standard InChI is InChI=1S/C17H25NO5/c1-2-3-4-5-11(19)6-7-12-13-8-15(14(13)9-16(12)20)18-23-10-17(21)22/h11-14,16,19-20H,2-5,8-10H2,1H3,(H,21,22)/b18-15-. The van der Waals surface area contributed by atoms with Crippen LogP contribution in [-0.2, 0) is 9.63 Å². The van der Waals surface area contributed by atoms with E-state index in [0.29, 0.717) is 19.3 Å². The number of carboxylic acids is 1. The molecule has 2 rings (SSSR count). The first-order valence-electron chi connectivity index (χ1n) is 8.30. The SMILES string of the molecule is CCCCCC(O)C#CC1C(O)CC2/C(=N\OCC(=O)O)CC21. The minimum absolute atomic E-state index is 0.121. The zero-order valence-corrected chi connectivity index (χ0v) is 13.4. The van der Waals surface area contributed by atoms with E-state index >= 15 is 0 Å². The summed E-state index contributed by atoms with van der Waals surface area (Å²) in [7, 11) is 0. The van der Waals surface area contributed by atoms with Crippen molar-refractivity contribution in [3.63, 3.8) is 0 Å². The van der Waals surface area contributed by atoms with Gasteiger partial charge >= 0.3 is 5.97 Å². The highest BCUT2D eigenvalue weighted by molar-refractivity contribution is 5.93. The quantitative estimate of drug-likeness (QED) is 0.374. The third kappa shape index (κ3) is 4.69. The van der Waals surface area contributed by atoms with Crippen molar-refractivity contribution in [3.8, 4) is 11.8 Å². The molecule has 0 spiro atoms. The third-order valence-electron chi connectivity index (χ3n) is 4.63. The van der Waals surface area contributed by atoms with Crippen LogP contribution < -0.4 is 0 Å². The van der Waals surface area contributed by atoms with Crippen LogP contribution in [0.4, 0.5) is 0 Å². The molecule has 5 atom stereocenters. The maximum atomic E-state index is 10.4. The van der Waals surface area contributed by atoms with Crippen LogP contribution in [0.1, 0.15) is 45.4 Å². The Kier molecular flexibility index (Phi) is 6.43. The molecule has 0 bridgehead atoms. The second-order valence-electron chi connectivity index (χ2n) is 6.35. The van der Waals surface area contributed by atoms with Crippen LogP contribution in [0, 0.1) is 29.6 Å². The molecule has 3 N–H and O–H groups in total. The van der Waals surface area contributed by atoms with Gasteiger partial charge in [0.25, 0.3) is 0 Å². The van der Waals surface area contributed by atoms with E-state index in [9.17, 15) is 15.0 Å². The highest BCUT2D eigenvalue weighted by atomic mass is 16.6. The van der Waals surface area contributed by atoms with Gasteiger partial charge in [-0.3, -0.25) is 0 Å². The van der Waals surface area contributed by atoms with Crippen molar-refractivity contribution in [2.75, 3.05) is 6.61 Å². The fourth-order valence-electron chi connectivity index (χ4n) is 3.33. The van der Waals surface area contributed by atoms with E-state index in [1.54, 1.807) is 0 Å². The summed E-state index contributed by atoms with van der Waals surface area (Å²) in [6.07, 6.45) is 3.94. The number of hydrogen-bond acceptors (Lipinski definition) is 5. The predicted molar refractivity (Wildman–Crippen MR) is 84.7 cm³/mol. The summed E-state index contributed by atoms with van der Waals surface area (Å²) in [5.74, 6) is 5.07. The molecule has 2 aliphatic rings. The van der Waals surface area contributed by atoms with Gasteiger partial charge in [-0.15, -0.1) is 0 Å². The molecule has 0 saturated heterocycles. The predicted octanol–water partition coefficient (Wildman–Crippen LogP) is 1.41. The molecule has 0 aromatic rings. The first-order chi connectivity index (χ1) is 11.0. The lowest BCUT2D eigenvalue weighted by Gasteiger charge is -2.33. The maximum absolute atomic E-state index is 10.4. The van der Waals surface area contributed by atoms with Crippen molar-refractivity contribution in [3.05, 3.63) is 0 Å². The zero-order chi connectivity index (χ0) is 16.8. The Morgan fingerprint density at radius 3 is 2.96 bits per heavy atom. The molecule has 0 aliphatic heterocycles. The van der Waals surface area contributed by atoms with Crippen LogP contribution >= 0.6 is 0 Å². The number of carbonyl (C=O) groups is 1. The maximum Gasteiger partial charge on any atom is 0.344 e. The first-order valence-corrected chi connectivity index (χ1v) is 8.30. The molecular weight excluding hydrogens is 298 g/mol. The molecule has 0 radical (unpaired) electrons. The van der Waals surface area contributed by atoms with Crippen molar-refractivity contribution in [2.45, 2.75) is 57.7 Å². The lowest BCUT2D eigenvalue weighted by molar-refractivity contribution is -0.142. The van der Waals surface area contributed by atoms with Gasteiger partial charge in [0.2, 0.25) is 6.61 Å². The minimum Gasteiger partial charge on any atom is -0.479 e. The Balaban J connectivity index is 1.84. The molecule has 0 heterocycles. The molecule has 6 nitrogen and oxygen atoms in total. The summed E-state index contributed by atoms with van der Waals surface area (Å²) >= 11 is 0. The van der Waals surface area contributed by atoms with Crippen molar-refractivity contribution in [2.24, 2.45) is 22.9 Å². The van der Waals surface area contributed by atoms with Crippen molar-refractivity contribution >= 4 is 11.7 Å². The minimum atomic E-state index is -1.06. The van der Waals surface area contributed by atoms with Crippen LogP contribution in [-0.4, -0.2) is 45.8 Å². The molecule has 5 unspecified atom stereocenters. The molecule has 0 aromatic heterocycles. The number of hydrogen-bond donors (Lipinski definition) is 3. The summed E-state index contributed by atoms with van der Waals surface area (Å²) in [6.45, 7) is 1.67. The molecule has 128 valence electrons. The molecule has 2 fully saturated rings. The number of nitrogens with zero attached hydrogens (tertiary/aromatic N) is 1. The number of unbranched alkanes of at least 4 members (excludes halogenated alkanes) is 2. The van der Waals surface area contributed by atoms with Crippen molar-refractivity contribution in [1.29, 1.82) is 0 Å². The lowest BCUT2D eigenvalue weighted by atomic mass is 9.71. The monoisotopic (exact) mass is 323 g/mol. The van der Waals surface area contributed by atoms with Gasteiger partial charge in [-0.05, 0) is 31.6 Å². The van der Waals surface area contributed by atoms with Crippen LogP contribution in [0.3, 0.4) is 0 Å². The number of carboxylic acid groups (broad SMARTS) is 1. The van der Waals surface area contributed by atoms with Gasteiger partial charge < -0.3 is 20.2 Å². The molecule has 2 aliphatic carbocycles. The molecule has 23 heavy (non-hydrogen) atoms. The Bertz CT molecular complexity index is 507. The Morgan fingerprint density at radius 2 is 2.26 bits per heavy atom. The van der Waals surface area contributed by atoms with Crippen molar-refractivity contribution in [1.82, 2.24) is 0 Å². The van der Waals surface area contributed by atoms with Gasteiger partial charge in [0.05, 0.1) is 17.7 Å². The van der Waals surface area contributed by atoms with E-state index in [1.165, 1.54) is 0 Å². The van der Waals surface area contributed by atoms with Crippen LogP contribution in [0.5, 0.6) is 0 Å². The molecule has 2 saturated carbocycles. The van der Waals surface area contributed by atoms with E-state index in [4.69, 9.17) is 9.94 Å². The summed E-state index contributed by atoms with van der Waals surface area (Å²) in [4.78, 5) is 15.1. The Morgan fingerprint density at radius 1 is 1.48 bits per heavy atom. The average molecular weight is 323 g/mol. The summed E-state index contributed by atoms with van der Waals surface area (Å²) in [5.41, 5.74) is 0.808. The van der Waals surface area contributed by atoms with Gasteiger partial charge in [0.1, 0.15) is 6.10 Å². The van der Waals surface area contributed by atoms with Crippen LogP contribution in [0.15, 0.2) is 5.16 Å².